The molecule has 168 valence electrons. The van der Waals surface area contributed by atoms with Crippen LogP contribution < -0.4 is 0 Å². The highest BCUT2D eigenvalue weighted by Crippen LogP contribution is 2.34. The molecule has 0 aliphatic carbocycles. The monoisotopic (exact) mass is 478 g/mol. The number of pyridine rings is 1. The Morgan fingerprint density at radius 1 is 1.00 bits per heavy atom. The van der Waals surface area contributed by atoms with Gasteiger partial charge in [0.15, 0.2) is 10.8 Å². The van der Waals surface area contributed by atoms with Crippen LogP contribution in [-0.4, -0.2) is 43.6 Å². The average molecular weight is 479 g/mol. The topological polar surface area (TPSA) is 70.7 Å². The summed E-state index contributed by atoms with van der Waals surface area (Å²) in [5.41, 5.74) is 2.52. The van der Waals surface area contributed by atoms with Crippen LogP contribution in [0.2, 0.25) is 5.02 Å². The van der Waals surface area contributed by atoms with E-state index in [4.69, 9.17) is 11.6 Å². The molecule has 0 spiro atoms. The summed E-state index contributed by atoms with van der Waals surface area (Å²) in [4.78, 5) is 14.8. The molecule has 6 nitrogen and oxygen atoms in total. The molecule has 0 radical (unpaired) electrons. The van der Waals surface area contributed by atoms with E-state index in [0.29, 0.717) is 36.5 Å². The molecule has 0 saturated carbocycles. The Hall–Kier alpha value is -2.87. The number of piperidine rings is 1. The molecular weight excluding hydrogens is 456 g/mol. The van der Waals surface area contributed by atoms with Crippen molar-refractivity contribution < 1.29 is 9.90 Å². The lowest BCUT2D eigenvalue weighted by molar-refractivity contribution is -0.0211. The Bertz CT molecular complexity index is 1270. The standard InChI is InChI=1S/C25H23ClN4O2S/c26-21-10-8-20(9-11-21)25(32)12-15-29(16-13-25)23(31)19-6-4-18(5-7-19)17-33-24-28-27-22-3-1-2-14-30(22)24/h1-11,14,32H,12-13,15-17H2. The number of halogens is 1. The smallest absolute Gasteiger partial charge is 0.253 e. The Labute approximate surface area is 201 Å². The molecule has 1 aliphatic rings. The van der Waals surface area contributed by atoms with Gasteiger partial charge in [-0.05, 0) is 60.4 Å². The first-order chi connectivity index (χ1) is 16.0. The number of fused-ring (bicyclic) bond motifs is 1. The number of amides is 1. The van der Waals surface area contributed by atoms with Crippen molar-refractivity contribution >= 4 is 34.9 Å². The van der Waals surface area contributed by atoms with Gasteiger partial charge in [-0.25, -0.2) is 0 Å². The maximum Gasteiger partial charge on any atom is 0.253 e. The second-order valence-corrected chi connectivity index (χ2v) is 9.61. The van der Waals surface area contributed by atoms with Crippen molar-refractivity contribution in [2.45, 2.75) is 29.4 Å². The quantitative estimate of drug-likeness (QED) is 0.417. The van der Waals surface area contributed by atoms with Crippen LogP contribution in [0.25, 0.3) is 5.65 Å². The van der Waals surface area contributed by atoms with Crippen molar-refractivity contribution in [2.24, 2.45) is 0 Å². The van der Waals surface area contributed by atoms with Crippen molar-refractivity contribution in [3.05, 3.63) is 94.6 Å². The highest BCUT2D eigenvalue weighted by molar-refractivity contribution is 7.98. The van der Waals surface area contributed by atoms with E-state index in [9.17, 15) is 9.90 Å². The largest absolute Gasteiger partial charge is 0.385 e. The van der Waals surface area contributed by atoms with Gasteiger partial charge in [0, 0.05) is 35.6 Å². The maximum absolute atomic E-state index is 13.0. The van der Waals surface area contributed by atoms with Gasteiger partial charge in [0.2, 0.25) is 0 Å². The SMILES string of the molecule is O=C(c1ccc(CSc2nnc3ccccn23)cc1)N1CCC(O)(c2ccc(Cl)cc2)CC1. The first-order valence-electron chi connectivity index (χ1n) is 10.8. The number of likely N-dealkylation sites (tertiary alicyclic amines) is 1. The van der Waals surface area contributed by atoms with Crippen molar-refractivity contribution in [3.8, 4) is 0 Å². The average Bonchev–Trinajstić information content (AvgIpc) is 3.27. The Balaban J connectivity index is 1.19. The predicted octanol–water partition coefficient (Wildman–Crippen LogP) is 4.80. The Morgan fingerprint density at radius 2 is 1.73 bits per heavy atom. The first-order valence-corrected chi connectivity index (χ1v) is 12.2. The third-order valence-electron chi connectivity index (χ3n) is 6.11. The molecule has 1 N–H and O–H groups in total. The van der Waals surface area contributed by atoms with Crippen molar-refractivity contribution in [1.29, 1.82) is 0 Å². The number of carbonyl (C=O) groups excluding carboxylic acids is 1. The summed E-state index contributed by atoms with van der Waals surface area (Å²) in [5, 5.41) is 20.9. The van der Waals surface area contributed by atoms with Crippen LogP contribution in [-0.2, 0) is 11.4 Å². The molecule has 3 heterocycles. The van der Waals surface area contributed by atoms with Gasteiger partial charge in [-0.1, -0.05) is 53.7 Å². The molecule has 4 aromatic rings. The van der Waals surface area contributed by atoms with Gasteiger partial charge < -0.3 is 10.0 Å². The van der Waals surface area contributed by atoms with Gasteiger partial charge in [-0.2, -0.15) is 0 Å². The number of hydrogen-bond donors (Lipinski definition) is 1. The molecule has 2 aromatic heterocycles. The normalized spacial score (nSPS) is 15.6. The van der Waals surface area contributed by atoms with Gasteiger partial charge in [0.05, 0.1) is 5.60 Å². The molecule has 2 aromatic carbocycles. The van der Waals surface area contributed by atoms with Gasteiger partial charge >= 0.3 is 0 Å². The van der Waals surface area contributed by atoms with Crippen LogP contribution >= 0.6 is 23.4 Å². The molecular formula is C25H23ClN4O2S. The van der Waals surface area contributed by atoms with E-state index in [2.05, 4.69) is 10.2 Å². The third kappa shape index (κ3) is 4.62. The second-order valence-electron chi connectivity index (χ2n) is 8.23. The first kappa shape index (κ1) is 21.9. The number of nitrogens with zero attached hydrogens (tertiary/aromatic N) is 4. The molecule has 0 unspecified atom stereocenters. The molecule has 0 atom stereocenters. The lowest BCUT2D eigenvalue weighted by Crippen LogP contribution is -2.45. The van der Waals surface area contributed by atoms with E-state index in [1.807, 2.05) is 70.1 Å². The fourth-order valence-electron chi connectivity index (χ4n) is 4.12. The van der Waals surface area contributed by atoms with E-state index in [0.717, 1.165) is 27.7 Å². The van der Waals surface area contributed by atoms with Gasteiger partial charge in [0.25, 0.3) is 5.91 Å². The Kier molecular flexibility index (Phi) is 6.10. The van der Waals surface area contributed by atoms with Crippen LogP contribution in [0.5, 0.6) is 0 Å². The minimum Gasteiger partial charge on any atom is -0.385 e. The number of aliphatic hydroxyl groups is 1. The molecule has 1 aliphatic heterocycles. The number of aromatic nitrogens is 3. The minimum atomic E-state index is -0.922. The van der Waals surface area contributed by atoms with Crippen LogP contribution in [0.4, 0.5) is 0 Å². The molecule has 5 rings (SSSR count). The summed E-state index contributed by atoms with van der Waals surface area (Å²) in [7, 11) is 0. The molecule has 0 bridgehead atoms. The lowest BCUT2D eigenvalue weighted by atomic mass is 9.84. The highest BCUT2D eigenvalue weighted by Gasteiger charge is 2.35. The zero-order valence-electron chi connectivity index (χ0n) is 17.9. The molecule has 33 heavy (non-hydrogen) atoms. The molecule has 8 heteroatoms. The summed E-state index contributed by atoms with van der Waals surface area (Å²) >= 11 is 7.57. The van der Waals surface area contributed by atoms with Gasteiger partial charge in [-0.3, -0.25) is 9.20 Å². The minimum absolute atomic E-state index is 0.00388. The van der Waals surface area contributed by atoms with Crippen LogP contribution in [0, 0.1) is 0 Å². The van der Waals surface area contributed by atoms with Crippen LogP contribution in [0.3, 0.4) is 0 Å². The van der Waals surface area contributed by atoms with E-state index in [-0.39, 0.29) is 5.91 Å². The van der Waals surface area contributed by atoms with Crippen molar-refractivity contribution in [3.63, 3.8) is 0 Å². The number of carbonyl (C=O) groups is 1. The fourth-order valence-corrected chi connectivity index (χ4v) is 5.13. The number of thioether (sulfide) groups is 1. The zero-order chi connectivity index (χ0) is 22.8. The summed E-state index contributed by atoms with van der Waals surface area (Å²) < 4.78 is 1.96. The Morgan fingerprint density at radius 3 is 2.45 bits per heavy atom. The fraction of sp³-hybridized carbons (Fsp3) is 0.240. The third-order valence-corrected chi connectivity index (χ3v) is 7.38. The van der Waals surface area contributed by atoms with Crippen LogP contribution in [0.1, 0.15) is 34.3 Å². The summed E-state index contributed by atoms with van der Waals surface area (Å²) in [6, 6.07) is 20.8. The number of rotatable bonds is 5. The predicted molar refractivity (Wildman–Crippen MR) is 129 cm³/mol. The number of hydrogen-bond acceptors (Lipinski definition) is 5. The summed E-state index contributed by atoms with van der Waals surface area (Å²) in [6.45, 7) is 1.02. The van der Waals surface area contributed by atoms with E-state index in [1.54, 1.807) is 23.9 Å². The van der Waals surface area contributed by atoms with E-state index < -0.39 is 5.60 Å². The van der Waals surface area contributed by atoms with Gasteiger partial charge in [0.1, 0.15) is 0 Å². The van der Waals surface area contributed by atoms with Crippen molar-refractivity contribution in [2.75, 3.05) is 13.1 Å². The molecule has 1 amide bonds. The second kappa shape index (κ2) is 9.17. The van der Waals surface area contributed by atoms with Gasteiger partial charge in [-0.15, -0.1) is 10.2 Å². The number of benzene rings is 2. The zero-order valence-corrected chi connectivity index (χ0v) is 19.5. The van der Waals surface area contributed by atoms with Crippen LogP contribution in [0.15, 0.2) is 78.1 Å². The maximum atomic E-state index is 13.0. The van der Waals surface area contributed by atoms with E-state index in [1.165, 1.54) is 0 Å². The van der Waals surface area contributed by atoms with E-state index >= 15 is 0 Å². The molecule has 1 fully saturated rings. The summed E-state index contributed by atoms with van der Waals surface area (Å²) in [6.07, 6.45) is 2.95. The lowest BCUT2D eigenvalue weighted by Gasteiger charge is -2.38. The molecule has 1 saturated heterocycles. The highest BCUT2D eigenvalue weighted by atomic mass is 35.5. The van der Waals surface area contributed by atoms with Crippen molar-refractivity contribution in [1.82, 2.24) is 19.5 Å². The summed E-state index contributed by atoms with van der Waals surface area (Å²) in [5.74, 6) is 0.734.